The number of hydrogen-bond acceptors (Lipinski definition) is 4. The molecule has 2 unspecified atom stereocenters. The summed E-state index contributed by atoms with van der Waals surface area (Å²) >= 11 is 0. The maximum Gasteiger partial charge on any atom is 0.337 e. The monoisotopic (exact) mass is 299 g/mol. The van der Waals surface area contributed by atoms with Gasteiger partial charge in [0.15, 0.2) is 0 Å². The van der Waals surface area contributed by atoms with Crippen LogP contribution in [0.3, 0.4) is 0 Å². The number of para-hydroxylation sites is 1. The first kappa shape index (κ1) is 14.5. The van der Waals surface area contributed by atoms with Crippen LogP contribution in [0.15, 0.2) is 53.6 Å². The molecular formula is C17H17NO4. The quantitative estimate of drug-likeness (QED) is 0.684. The molecule has 3 rings (SSSR count). The van der Waals surface area contributed by atoms with E-state index in [4.69, 9.17) is 9.47 Å². The Balaban J connectivity index is 1.97. The third-order valence-electron chi connectivity index (χ3n) is 4.05. The molecule has 1 aromatic carbocycles. The highest BCUT2D eigenvalue weighted by Crippen LogP contribution is 2.45. The van der Waals surface area contributed by atoms with E-state index in [1.165, 1.54) is 7.11 Å². The summed E-state index contributed by atoms with van der Waals surface area (Å²) in [4.78, 5) is 24.8. The van der Waals surface area contributed by atoms with Crippen molar-refractivity contribution < 1.29 is 19.1 Å². The third-order valence-corrected chi connectivity index (χ3v) is 4.05. The summed E-state index contributed by atoms with van der Waals surface area (Å²) in [5.41, 5.74) is 0.459. The van der Waals surface area contributed by atoms with Gasteiger partial charge < -0.3 is 14.8 Å². The molecule has 0 aromatic heterocycles. The molecule has 0 spiro atoms. The molecule has 2 aliphatic rings. The van der Waals surface area contributed by atoms with Crippen LogP contribution in [0.5, 0.6) is 0 Å². The van der Waals surface area contributed by atoms with Crippen molar-refractivity contribution in [2.45, 2.75) is 25.0 Å². The van der Waals surface area contributed by atoms with E-state index in [0.717, 1.165) is 0 Å². The molecule has 1 amide bonds. The lowest BCUT2D eigenvalue weighted by Gasteiger charge is -2.23. The standard InChI is InChI=1S/C17H17NO4/c1-3-17-10-9-12(22-17)13(14(17)16(20)21-2)15(19)18-11-7-5-4-6-8-11/h4-10,12H,3H2,1-2H3,(H,18,19). The van der Waals surface area contributed by atoms with Crippen LogP contribution >= 0.6 is 0 Å². The zero-order chi connectivity index (χ0) is 15.7. The average Bonchev–Trinajstić information content (AvgIpc) is 3.11. The van der Waals surface area contributed by atoms with Gasteiger partial charge in [-0.3, -0.25) is 4.79 Å². The number of anilines is 1. The van der Waals surface area contributed by atoms with Gasteiger partial charge in [0.25, 0.3) is 5.91 Å². The lowest BCUT2D eigenvalue weighted by Crippen LogP contribution is -2.32. The number of esters is 1. The number of fused-ring (bicyclic) bond motifs is 2. The number of ether oxygens (including phenoxy) is 2. The number of methoxy groups -OCH3 is 1. The van der Waals surface area contributed by atoms with E-state index in [-0.39, 0.29) is 5.91 Å². The smallest absolute Gasteiger partial charge is 0.337 e. The number of nitrogens with one attached hydrogen (secondary N) is 1. The summed E-state index contributed by atoms with van der Waals surface area (Å²) in [6.07, 6.45) is 3.71. The van der Waals surface area contributed by atoms with Crippen LogP contribution in [0.25, 0.3) is 0 Å². The number of amides is 1. The number of rotatable bonds is 4. The van der Waals surface area contributed by atoms with Gasteiger partial charge in [-0.05, 0) is 24.6 Å². The van der Waals surface area contributed by atoms with E-state index in [0.29, 0.717) is 23.3 Å². The van der Waals surface area contributed by atoms with Gasteiger partial charge in [0, 0.05) is 5.69 Å². The molecule has 0 saturated heterocycles. The number of hydrogen-bond donors (Lipinski definition) is 1. The molecule has 114 valence electrons. The van der Waals surface area contributed by atoms with Gasteiger partial charge in [0.1, 0.15) is 11.7 Å². The van der Waals surface area contributed by atoms with Gasteiger partial charge in [-0.1, -0.05) is 31.2 Å². The van der Waals surface area contributed by atoms with Crippen LogP contribution in [0.4, 0.5) is 5.69 Å². The zero-order valence-electron chi connectivity index (χ0n) is 12.5. The zero-order valence-corrected chi connectivity index (χ0v) is 12.5. The predicted molar refractivity (Wildman–Crippen MR) is 81.1 cm³/mol. The normalized spacial score (nSPS) is 25.5. The van der Waals surface area contributed by atoms with Crippen LogP contribution in [0.2, 0.25) is 0 Å². The molecular weight excluding hydrogens is 282 g/mol. The van der Waals surface area contributed by atoms with Gasteiger partial charge in [-0.25, -0.2) is 4.79 Å². The Kier molecular flexibility index (Phi) is 3.58. The fourth-order valence-corrected chi connectivity index (χ4v) is 2.94. The van der Waals surface area contributed by atoms with Gasteiger partial charge in [-0.15, -0.1) is 0 Å². The minimum absolute atomic E-state index is 0.304. The lowest BCUT2D eigenvalue weighted by molar-refractivity contribution is -0.138. The molecule has 0 aliphatic carbocycles. The Morgan fingerprint density at radius 1 is 1.32 bits per heavy atom. The van der Waals surface area contributed by atoms with Crippen molar-refractivity contribution in [1.29, 1.82) is 0 Å². The van der Waals surface area contributed by atoms with E-state index >= 15 is 0 Å². The number of benzene rings is 1. The van der Waals surface area contributed by atoms with Crippen molar-refractivity contribution in [3.63, 3.8) is 0 Å². The molecule has 2 atom stereocenters. The van der Waals surface area contributed by atoms with Crippen molar-refractivity contribution >= 4 is 17.6 Å². The minimum atomic E-state index is -0.846. The molecule has 1 aromatic rings. The molecule has 0 saturated carbocycles. The molecule has 0 fully saturated rings. The topological polar surface area (TPSA) is 64.6 Å². The molecule has 2 aliphatic heterocycles. The second kappa shape index (κ2) is 5.42. The summed E-state index contributed by atoms with van der Waals surface area (Å²) in [5, 5.41) is 2.80. The third kappa shape index (κ3) is 2.14. The highest BCUT2D eigenvalue weighted by atomic mass is 16.5. The number of carbonyl (C=O) groups excluding carboxylic acids is 2. The van der Waals surface area contributed by atoms with Crippen LogP contribution in [0.1, 0.15) is 13.3 Å². The Hall–Kier alpha value is -2.40. The molecule has 5 heteroatoms. The summed E-state index contributed by atoms with van der Waals surface area (Å²) in [7, 11) is 1.31. The molecule has 5 nitrogen and oxygen atoms in total. The molecule has 2 heterocycles. The van der Waals surface area contributed by atoms with E-state index in [1.54, 1.807) is 12.1 Å². The molecule has 1 N–H and O–H groups in total. The van der Waals surface area contributed by atoms with Crippen LogP contribution in [-0.2, 0) is 19.1 Å². The molecule has 2 bridgehead atoms. The second-order valence-corrected chi connectivity index (χ2v) is 5.24. The first-order valence-electron chi connectivity index (χ1n) is 7.18. The first-order valence-corrected chi connectivity index (χ1v) is 7.18. The highest BCUT2D eigenvalue weighted by molar-refractivity contribution is 6.12. The second-order valence-electron chi connectivity index (χ2n) is 5.24. The maximum absolute atomic E-state index is 12.6. The summed E-state index contributed by atoms with van der Waals surface area (Å²) in [5.74, 6) is -0.858. The van der Waals surface area contributed by atoms with E-state index in [1.807, 2.05) is 37.3 Å². The Bertz CT molecular complexity index is 677. The van der Waals surface area contributed by atoms with Gasteiger partial charge in [-0.2, -0.15) is 0 Å². The minimum Gasteiger partial charge on any atom is -0.466 e. The Labute approximate surface area is 128 Å². The fraction of sp³-hybridized carbons (Fsp3) is 0.294. The summed E-state index contributed by atoms with van der Waals surface area (Å²) in [6.45, 7) is 1.91. The maximum atomic E-state index is 12.6. The van der Waals surface area contributed by atoms with E-state index in [9.17, 15) is 9.59 Å². The van der Waals surface area contributed by atoms with Gasteiger partial charge >= 0.3 is 5.97 Å². The Morgan fingerprint density at radius 2 is 2.05 bits per heavy atom. The van der Waals surface area contributed by atoms with Crippen LogP contribution < -0.4 is 5.32 Å². The van der Waals surface area contributed by atoms with Crippen molar-refractivity contribution in [3.05, 3.63) is 53.6 Å². The van der Waals surface area contributed by atoms with Crippen molar-refractivity contribution in [2.24, 2.45) is 0 Å². The van der Waals surface area contributed by atoms with Crippen molar-refractivity contribution in [3.8, 4) is 0 Å². The number of carbonyl (C=O) groups is 2. The summed E-state index contributed by atoms with van der Waals surface area (Å²) in [6, 6.07) is 9.10. The first-order chi connectivity index (χ1) is 10.6. The lowest BCUT2D eigenvalue weighted by atomic mass is 9.84. The fourth-order valence-electron chi connectivity index (χ4n) is 2.94. The van der Waals surface area contributed by atoms with Crippen molar-refractivity contribution in [2.75, 3.05) is 12.4 Å². The predicted octanol–water partition coefficient (Wildman–Crippen LogP) is 2.21. The average molecular weight is 299 g/mol. The highest BCUT2D eigenvalue weighted by Gasteiger charge is 2.52. The Morgan fingerprint density at radius 3 is 2.68 bits per heavy atom. The largest absolute Gasteiger partial charge is 0.466 e. The summed E-state index contributed by atoms with van der Waals surface area (Å²) < 4.78 is 10.7. The van der Waals surface area contributed by atoms with E-state index in [2.05, 4.69) is 5.32 Å². The van der Waals surface area contributed by atoms with Crippen LogP contribution in [-0.4, -0.2) is 30.7 Å². The van der Waals surface area contributed by atoms with Gasteiger partial charge in [0.2, 0.25) is 0 Å². The molecule has 0 radical (unpaired) electrons. The van der Waals surface area contributed by atoms with Gasteiger partial charge in [0.05, 0.1) is 18.3 Å². The van der Waals surface area contributed by atoms with E-state index < -0.39 is 17.7 Å². The van der Waals surface area contributed by atoms with Crippen LogP contribution in [0, 0.1) is 0 Å². The molecule has 22 heavy (non-hydrogen) atoms. The SMILES string of the molecule is CCC12C=CC(O1)C(C(=O)Nc1ccccc1)=C2C(=O)OC. The van der Waals surface area contributed by atoms with Crippen molar-refractivity contribution in [1.82, 2.24) is 0 Å².